The van der Waals surface area contributed by atoms with E-state index in [0.29, 0.717) is 6.54 Å². The first-order chi connectivity index (χ1) is 10.2. The van der Waals surface area contributed by atoms with E-state index in [1.165, 1.54) is 11.1 Å². The number of carbonyl (C=O) groups is 1. The molecule has 1 N–H and O–H groups in total. The molecule has 0 aliphatic rings. The van der Waals surface area contributed by atoms with Crippen molar-refractivity contribution in [2.24, 2.45) is 0 Å². The molecule has 0 saturated carbocycles. The molecule has 21 heavy (non-hydrogen) atoms. The van der Waals surface area contributed by atoms with Crippen LogP contribution in [0.5, 0.6) is 5.75 Å². The second-order valence-electron chi connectivity index (χ2n) is 5.05. The van der Waals surface area contributed by atoms with Gasteiger partial charge in [0.15, 0.2) is 6.61 Å². The van der Waals surface area contributed by atoms with Gasteiger partial charge in [-0.1, -0.05) is 48.9 Å². The molecule has 0 aliphatic carbocycles. The van der Waals surface area contributed by atoms with E-state index in [9.17, 15) is 4.79 Å². The fourth-order valence-corrected chi connectivity index (χ4v) is 2.04. The number of amides is 1. The van der Waals surface area contributed by atoms with E-state index in [0.717, 1.165) is 17.7 Å². The van der Waals surface area contributed by atoms with Crippen molar-refractivity contribution in [2.75, 3.05) is 6.61 Å². The Morgan fingerprint density at radius 3 is 2.52 bits per heavy atom. The lowest BCUT2D eigenvalue weighted by Gasteiger charge is -2.08. The molecule has 0 bridgehead atoms. The average Bonchev–Trinajstić information content (AvgIpc) is 2.51. The van der Waals surface area contributed by atoms with Crippen LogP contribution in [0.4, 0.5) is 0 Å². The second kappa shape index (κ2) is 7.48. The molecular formula is C18H21NO2. The molecular weight excluding hydrogens is 262 g/mol. The highest BCUT2D eigenvalue weighted by atomic mass is 16.5. The van der Waals surface area contributed by atoms with Crippen LogP contribution in [0.2, 0.25) is 0 Å². The molecule has 0 spiro atoms. The third-order valence-electron chi connectivity index (χ3n) is 3.27. The van der Waals surface area contributed by atoms with Crippen LogP contribution < -0.4 is 10.1 Å². The molecule has 0 atom stereocenters. The molecule has 2 rings (SSSR count). The minimum Gasteiger partial charge on any atom is -0.484 e. The number of aryl methyl sites for hydroxylation is 2. The van der Waals surface area contributed by atoms with Crippen molar-refractivity contribution < 1.29 is 9.53 Å². The van der Waals surface area contributed by atoms with E-state index in [2.05, 4.69) is 18.3 Å². The summed E-state index contributed by atoms with van der Waals surface area (Å²) < 4.78 is 5.47. The Labute approximate surface area is 126 Å². The Balaban J connectivity index is 1.76. The van der Waals surface area contributed by atoms with E-state index >= 15 is 0 Å². The van der Waals surface area contributed by atoms with Gasteiger partial charge in [0.05, 0.1) is 0 Å². The minimum atomic E-state index is -0.115. The fourth-order valence-electron chi connectivity index (χ4n) is 2.04. The lowest BCUT2D eigenvalue weighted by atomic mass is 10.1. The van der Waals surface area contributed by atoms with Gasteiger partial charge in [-0.3, -0.25) is 4.79 Å². The van der Waals surface area contributed by atoms with Crippen molar-refractivity contribution in [3.63, 3.8) is 0 Å². The highest BCUT2D eigenvalue weighted by Gasteiger charge is 2.03. The predicted octanol–water partition coefficient (Wildman–Crippen LogP) is 3.25. The standard InChI is InChI=1S/C18H21NO2/c1-3-15-7-9-17(10-8-15)21-13-18(20)19-12-16-6-4-5-14(2)11-16/h4-11H,3,12-13H2,1-2H3,(H,19,20). The van der Waals surface area contributed by atoms with Crippen LogP contribution in [0.3, 0.4) is 0 Å². The van der Waals surface area contributed by atoms with E-state index in [1.54, 1.807) is 0 Å². The maximum Gasteiger partial charge on any atom is 0.258 e. The topological polar surface area (TPSA) is 38.3 Å². The van der Waals surface area contributed by atoms with Crippen LogP contribution in [0.15, 0.2) is 48.5 Å². The van der Waals surface area contributed by atoms with Crippen molar-refractivity contribution >= 4 is 5.91 Å². The van der Waals surface area contributed by atoms with Crippen molar-refractivity contribution in [3.8, 4) is 5.75 Å². The van der Waals surface area contributed by atoms with Gasteiger partial charge in [0.25, 0.3) is 5.91 Å². The van der Waals surface area contributed by atoms with Crippen molar-refractivity contribution in [3.05, 3.63) is 65.2 Å². The van der Waals surface area contributed by atoms with Gasteiger partial charge in [0.2, 0.25) is 0 Å². The Bertz CT molecular complexity index is 590. The van der Waals surface area contributed by atoms with Gasteiger partial charge in [-0.05, 0) is 36.6 Å². The van der Waals surface area contributed by atoms with Gasteiger partial charge >= 0.3 is 0 Å². The molecule has 2 aromatic carbocycles. The number of benzene rings is 2. The maximum atomic E-state index is 11.8. The van der Waals surface area contributed by atoms with E-state index in [4.69, 9.17) is 4.74 Å². The molecule has 3 heteroatoms. The van der Waals surface area contributed by atoms with Crippen LogP contribution in [-0.4, -0.2) is 12.5 Å². The molecule has 0 aliphatic heterocycles. The summed E-state index contributed by atoms with van der Waals surface area (Å²) in [5.41, 5.74) is 3.54. The smallest absolute Gasteiger partial charge is 0.258 e. The highest BCUT2D eigenvalue weighted by Crippen LogP contribution is 2.12. The molecule has 0 heterocycles. The molecule has 0 unspecified atom stereocenters. The Morgan fingerprint density at radius 2 is 1.86 bits per heavy atom. The zero-order chi connectivity index (χ0) is 15.1. The first-order valence-electron chi connectivity index (χ1n) is 7.21. The number of ether oxygens (including phenoxy) is 1. The summed E-state index contributed by atoms with van der Waals surface area (Å²) >= 11 is 0. The summed E-state index contributed by atoms with van der Waals surface area (Å²) in [6, 6.07) is 15.9. The third kappa shape index (κ3) is 4.95. The van der Waals surface area contributed by atoms with Gasteiger partial charge in [-0.2, -0.15) is 0 Å². The molecule has 110 valence electrons. The van der Waals surface area contributed by atoms with Crippen molar-refractivity contribution in [1.82, 2.24) is 5.32 Å². The summed E-state index contributed by atoms with van der Waals surface area (Å²) in [7, 11) is 0. The molecule has 0 fully saturated rings. The molecule has 0 radical (unpaired) electrons. The number of hydrogen-bond donors (Lipinski definition) is 1. The Hall–Kier alpha value is -2.29. The van der Waals surface area contributed by atoms with Crippen LogP contribution in [0.25, 0.3) is 0 Å². The summed E-state index contributed by atoms with van der Waals surface area (Å²) in [5.74, 6) is 0.606. The number of nitrogens with one attached hydrogen (secondary N) is 1. The lowest BCUT2D eigenvalue weighted by Crippen LogP contribution is -2.28. The minimum absolute atomic E-state index is 0.0390. The van der Waals surface area contributed by atoms with Crippen molar-refractivity contribution in [2.45, 2.75) is 26.8 Å². The molecule has 2 aromatic rings. The number of hydrogen-bond acceptors (Lipinski definition) is 2. The van der Waals surface area contributed by atoms with Gasteiger partial charge in [0.1, 0.15) is 5.75 Å². The summed E-state index contributed by atoms with van der Waals surface area (Å²) in [6.07, 6.45) is 0.997. The third-order valence-corrected chi connectivity index (χ3v) is 3.27. The number of carbonyl (C=O) groups excluding carboxylic acids is 1. The van der Waals surface area contributed by atoms with Gasteiger partial charge in [-0.15, -0.1) is 0 Å². The van der Waals surface area contributed by atoms with Crippen LogP contribution >= 0.6 is 0 Å². The molecule has 0 aromatic heterocycles. The maximum absolute atomic E-state index is 11.8. The van der Waals surface area contributed by atoms with E-state index in [1.807, 2.05) is 49.4 Å². The molecule has 1 amide bonds. The summed E-state index contributed by atoms with van der Waals surface area (Å²) in [4.78, 5) is 11.8. The second-order valence-corrected chi connectivity index (χ2v) is 5.05. The highest BCUT2D eigenvalue weighted by molar-refractivity contribution is 5.77. The predicted molar refractivity (Wildman–Crippen MR) is 84.3 cm³/mol. The van der Waals surface area contributed by atoms with Crippen LogP contribution in [0, 0.1) is 6.92 Å². The van der Waals surface area contributed by atoms with Gasteiger partial charge in [-0.25, -0.2) is 0 Å². The SMILES string of the molecule is CCc1ccc(OCC(=O)NCc2cccc(C)c2)cc1. The quantitative estimate of drug-likeness (QED) is 0.883. The summed E-state index contributed by atoms with van der Waals surface area (Å²) in [5, 5.41) is 2.86. The van der Waals surface area contributed by atoms with Crippen molar-refractivity contribution in [1.29, 1.82) is 0 Å². The van der Waals surface area contributed by atoms with E-state index in [-0.39, 0.29) is 12.5 Å². The normalized spacial score (nSPS) is 10.2. The Kier molecular flexibility index (Phi) is 5.38. The van der Waals surface area contributed by atoms with E-state index < -0.39 is 0 Å². The number of rotatable bonds is 6. The Morgan fingerprint density at radius 1 is 1.10 bits per heavy atom. The first-order valence-corrected chi connectivity index (χ1v) is 7.21. The largest absolute Gasteiger partial charge is 0.484 e. The lowest BCUT2D eigenvalue weighted by molar-refractivity contribution is -0.123. The van der Waals surface area contributed by atoms with Crippen LogP contribution in [0.1, 0.15) is 23.6 Å². The average molecular weight is 283 g/mol. The zero-order valence-electron chi connectivity index (χ0n) is 12.6. The molecule has 0 saturated heterocycles. The zero-order valence-corrected chi connectivity index (χ0v) is 12.6. The monoisotopic (exact) mass is 283 g/mol. The first kappa shape index (κ1) is 15.1. The van der Waals surface area contributed by atoms with Gasteiger partial charge < -0.3 is 10.1 Å². The fraction of sp³-hybridized carbons (Fsp3) is 0.278. The van der Waals surface area contributed by atoms with Gasteiger partial charge in [0, 0.05) is 6.54 Å². The summed E-state index contributed by atoms with van der Waals surface area (Å²) in [6.45, 7) is 4.71. The van der Waals surface area contributed by atoms with Crippen LogP contribution in [-0.2, 0) is 17.8 Å². The molecule has 3 nitrogen and oxygen atoms in total.